The Morgan fingerprint density at radius 3 is 3.00 bits per heavy atom. The Hall–Kier alpha value is -2.34. The average molecular weight is 330 g/mol. The van der Waals surface area contributed by atoms with Gasteiger partial charge in [-0.05, 0) is 37.8 Å². The molecule has 3 aromatic rings. The van der Waals surface area contributed by atoms with Gasteiger partial charge in [0.25, 0.3) is 5.78 Å². The number of hydrogen-bond acceptors (Lipinski definition) is 5. The second kappa shape index (κ2) is 5.38. The Balaban J connectivity index is 1.88. The standard InChI is InChI=1S/C16H16ClN5O/c1-9-6-13(14(23-2)7-11(9)17)20-15-10-4-3-5-12(10)21-16-18-8-19-22(15)16/h6-8,20H,3-5H2,1-2H3. The number of benzene rings is 1. The van der Waals surface area contributed by atoms with E-state index < -0.39 is 0 Å². The zero-order chi connectivity index (χ0) is 16.0. The van der Waals surface area contributed by atoms with Crippen LogP contribution in [0, 0.1) is 6.92 Å². The second-order valence-corrected chi connectivity index (χ2v) is 6.04. The molecule has 0 unspecified atom stereocenters. The molecule has 2 aromatic heterocycles. The number of hydrogen-bond donors (Lipinski definition) is 1. The zero-order valence-corrected chi connectivity index (χ0v) is 13.7. The summed E-state index contributed by atoms with van der Waals surface area (Å²) in [6.45, 7) is 1.97. The molecule has 4 rings (SSSR count). The maximum absolute atomic E-state index is 6.19. The Morgan fingerprint density at radius 1 is 1.30 bits per heavy atom. The molecule has 6 nitrogen and oxygen atoms in total. The molecule has 0 radical (unpaired) electrons. The normalized spacial score (nSPS) is 13.3. The quantitative estimate of drug-likeness (QED) is 0.798. The fraction of sp³-hybridized carbons (Fsp3) is 0.312. The maximum atomic E-state index is 6.19. The molecule has 2 heterocycles. The minimum Gasteiger partial charge on any atom is -0.495 e. The molecule has 118 valence electrons. The first-order valence-corrected chi connectivity index (χ1v) is 7.88. The predicted octanol–water partition coefficient (Wildman–Crippen LogP) is 3.33. The van der Waals surface area contributed by atoms with Gasteiger partial charge in [-0.3, -0.25) is 0 Å². The van der Waals surface area contributed by atoms with Crippen LogP contribution in [-0.2, 0) is 12.8 Å². The molecule has 0 aliphatic heterocycles. The monoisotopic (exact) mass is 329 g/mol. The SMILES string of the molecule is COc1cc(Cl)c(C)cc1Nc1c2c(nc3ncnn13)CCC2. The van der Waals surface area contributed by atoms with Gasteiger partial charge in [0, 0.05) is 16.7 Å². The third-order valence-corrected chi connectivity index (χ3v) is 4.59. The molecule has 23 heavy (non-hydrogen) atoms. The van der Waals surface area contributed by atoms with E-state index in [0.717, 1.165) is 42.0 Å². The van der Waals surface area contributed by atoms with Gasteiger partial charge in [-0.15, -0.1) is 0 Å². The second-order valence-electron chi connectivity index (χ2n) is 5.64. The van der Waals surface area contributed by atoms with E-state index in [1.165, 1.54) is 11.9 Å². The lowest BCUT2D eigenvalue weighted by atomic mass is 10.2. The Morgan fingerprint density at radius 2 is 2.17 bits per heavy atom. The van der Waals surface area contributed by atoms with Gasteiger partial charge < -0.3 is 10.1 Å². The van der Waals surface area contributed by atoms with Crippen LogP contribution in [-0.4, -0.2) is 26.7 Å². The molecular weight excluding hydrogens is 314 g/mol. The molecule has 0 fully saturated rings. The van der Waals surface area contributed by atoms with Gasteiger partial charge in [-0.1, -0.05) is 11.6 Å². The van der Waals surface area contributed by atoms with E-state index in [-0.39, 0.29) is 0 Å². The number of aromatic nitrogens is 4. The highest BCUT2D eigenvalue weighted by atomic mass is 35.5. The van der Waals surface area contributed by atoms with Gasteiger partial charge >= 0.3 is 0 Å². The van der Waals surface area contributed by atoms with Crippen LogP contribution in [0.15, 0.2) is 18.5 Å². The number of aryl methyl sites for hydroxylation is 2. The van der Waals surface area contributed by atoms with Crippen LogP contribution in [0.3, 0.4) is 0 Å². The van der Waals surface area contributed by atoms with Crippen molar-refractivity contribution < 1.29 is 4.74 Å². The van der Waals surface area contributed by atoms with E-state index >= 15 is 0 Å². The van der Waals surface area contributed by atoms with Gasteiger partial charge in [-0.25, -0.2) is 4.98 Å². The number of fused-ring (bicyclic) bond motifs is 2. The van der Waals surface area contributed by atoms with Gasteiger partial charge in [0.05, 0.1) is 18.5 Å². The van der Waals surface area contributed by atoms with E-state index in [4.69, 9.17) is 16.3 Å². The van der Waals surface area contributed by atoms with Crippen LogP contribution < -0.4 is 10.1 Å². The maximum Gasteiger partial charge on any atom is 0.254 e. The van der Waals surface area contributed by atoms with Crippen LogP contribution in [0.25, 0.3) is 5.78 Å². The summed E-state index contributed by atoms with van der Waals surface area (Å²) in [5.41, 5.74) is 4.12. The van der Waals surface area contributed by atoms with Crippen LogP contribution in [0.1, 0.15) is 23.2 Å². The van der Waals surface area contributed by atoms with Gasteiger partial charge in [0.15, 0.2) is 0 Å². The smallest absolute Gasteiger partial charge is 0.254 e. The van der Waals surface area contributed by atoms with E-state index in [1.807, 2.05) is 19.1 Å². The number of halogens is 1. The summed E-state index contributed by atoms with van der Waals surface area (Å²) in [5.74, 6) is 2.20. The topological polar surface area (TPSA) is 64.3 Å². The Labute approximate surface area is 138 Å². The molecule has 0 atom stereocenters. The molecule has 0 amide bonds. The third-order valence-electron chi connectivity index (χ3n) is 4.18. The van der Waals surface area contributed by atoms with Crippen LogP contribution in [0.2, 0.25) is 5.02 Å². The number of anilines is 2. The summed E-state index contributed by atoms with van der Waals surface area (Å²) < 4.78 is 7.20. The van der Waals surface area contributed by atoms with E-state index in [1.54, 1.807) is 11.6 Å². The molecule has 7 heteroatoms. The van der Waals surface area contributed by atoms with Gasteiger partial charge in [0.1, 0.15) is 17.9 Å². The van der Waals surface area contributed by atoms with Crippen molar-refractivity contribution in [1.82, 2.24) is 19.6 Å². The summed E-state index contributed by atoms with van der Waals surface area (Å²) in [5, 5.41) is 8.44. The lowest BCUT2D eigenvalue weighted by molar-refractivity contribution is 0.416. The van der Waals surface area contributed by atoms with E-state index in [2.05, 4.69) is 20.4 Å². The largest absolute Gasteiger partial charge is 0.495 e. The molecule has 0 bridgehead atoms. The molecule has 0 saturated heterocycles. The first kappa shape index (κ1) is 14.3. The molecule has 1 aliphatic carbocycles. The number of rotatable bonds is 3. The van der Waals surface area contributed by atoms with E-state index in [9.17, 15) is 0 Å². The van der Waals surface area contributed by atoms with Crippen LogP contribution in [0.5, 0.6) is 5.75 Å². The van der Waals surface area contributed by atoms with Crippen molar-refractivity contribution >= 4 is 28.9 Å². The first-order valence-electron chi connectivity index (χ1n) is 7.50. The molecule has 0 spiro atoms. The molecular formula is C16H16ClN5O. The van der Waals surface area contributed by atoms with Gasteiger partial charge in [0.2, 0.25) is 0 Å². The fourth-order valence-corrected chi connectivity index (χ4v) is 3.16. The summed E-state index contributed by atoms with van der Waals surface area (Å²) in [6, 6.07) is 3.80. The van der Waals surface area contributed by atoms with Crippen molar-refractivity contribution in [3.63, 3.8) is 0 Å². The lowest BCUT2D eigenvalue weighted by Crippen LogP contribution is -2.07. The number of ether oxygens (including phenoxy) is 1. The summed E-state index contributed by atoms with van der Waals surface area (Å²) >= 11 is 6.19. The van der Waals surface area contributed by atoms with Crippen LogP contribution >= 0.6 is 11.6 Å². The van der Waals surface area contributed by atoms with Crippen molar-refractivity contribution in [3.8, 4) is 5.75 Å². The number of methoxy groups -OCH3 is 1. The summed E-state index contributed by atoms with van der Waals surface area (Å²) in [4.78, 5) is 8.81. The van der Waals surface area contributed by atoms with Crippen molar-refractivity contribution in [1.29, 1.82) is 0 Å². The highest BCUT2D eigenvalue weighted by molar-refractivity contribution is 6.31. The van der Waals surface area contributed by atoms with Crippen LogP contribution in [0.4, 0.5) is 11.5 Å². The van der Waals surface area contributed by atoms with Crippen molar-refractivity contribution in [2.24, 2.45) is 0 Å². The number of nitrogens with one attached hydrogen (secondary N) is 1. The van der Waals surface area contributed by atoms with Crippen molar-refractivity contribution in [2.45, 2.75) is 26.2 Å². The highest BCUT2D eigenvalue weighted by Gasteiger charge is 2.22. The predicted molar refractivity (Wildman–Crippen MR) is 88.8 cm³/mol. The Kier molecular flexibility index (Phi) is 3.34. The minimum atomic E-state index is 0.609. The molecule has 1 aliphatic rings. The minimum absolute atomic E-state index is 0.609. The zero-order valence-electron chi connectivity index (χ0n) is 12.9. The van der Waals surface area contributed by atoms with Crippen molar-refractivity contribution in [3.05, 3.63) is 40.3 Å². The highest BCUT2D eigenvalue weighted by Crippen LogP contribution is 2.36. The average Bonchev–Trinajstić information content (AvgIpc) is 3.18. The molecule has 0 saturated carbocycles. The summed E-state index contributed by atoms with van der Waals surface area (Å²) in [6.07, 6.45) is 4.58. The number of nitrogens with zero attached hydrogens (tertiary/aromatic N) is 4. The molecule has 1 aromatic carbocycles. The van der Waals surface area contributed by atoms with Gasteiger partial charge in [-0.2, -0.15) is 14.6 Å². The van der Waals surface area contributed by atoms with Crippen molar-refractivity contribution in [2.75, 3.05) is 12.4 Å². The lowest BCUT2D eigenvalue weighted by Gasteiger charge is -2.16. The Bertz CT molecular complexity index is 905. The fourth-order valence-electron chi connectivity index (χ4n) is 3.01. The summed E-state index contributed by atoms with van der Waals surface area (Å²) in [7, 11) is 1.63. The van der Waals surface area contributed by atoms with E-state index in [0.29, 0.717) is 16.5 Å². The molecule has 1 N–H and O–H groups in total. The first-order chi connectivity index (χ1) is 11.2. The third kappa shape index (κ3) is 2.30.